The van der Waals surface area contributed by atoms with Crippen LogP contribution < -0.4 is 0 Å². The van der Waals surface area contributed by atoms with Crippen LogP contribution >= 0.6 is 0 Å². The van der Waals surface area contributed by atoms with Gasteiger partial charge in [0.15, 0.2) is 0 Å². The fourth-order valence-electron chi connectivity index (χ4n) is 11.9. The van der Waals surface area contributed by atoms with E-state index in [1.54, 1.807) is 13.8 Å². The molecule has 5 heteroatoms. The number of ether oxygens (including phenoxy) is 1. The van der Waals surface area contributed by atoms with Gasteiger partial charge in [0, 0.05) is 17.3 Å². The van der Waals surface area contributed by atoms with Crippen molar-refractivity contribution in [3.05, 3.63) is 0 Å². The lowest BCUT2D eigenvalue weighted by molar-refractivity contribution is -0.225. The maximum Gasteiger partial charge on any atom is 0.138 e. The van der Waals surface area contributed by atoms with Gasteiger partial charge in [-0.15, -0.1) is 0 Å². The van der Waals surface area contributed by atoms with Gasteiger partial charge in [-0.2, -0.15) is 0 Å². The van der Waals surface area contributed by atoms with Gasteiger partial charge < -0.3 is 20.1 Å². The van der Waals surface area contributed by atoms with Crippen molar-refractivity contribution in [3.63, 3.8) is 0 Å². The van der Waals surface area contributed by atoms with E-state index in [0.29, 0.717) is 43.0 Å². The summed E-state index contributed by atoms with van der Waals surface area (Å²) >= 11 is 0. The average molecular weight is 489 g/mol. The summed E-state index contributed by atoms with van der Waals surface area (Å²) < 4.78 is 6.11. The minimum absolute atomic E-state index is 0.106. The summed E-state index contributed by atoms with van der Waals surface area (Å²) in [5.41, 5.74) is -0.943. The number of fused-ring (bicyclic) bond motifs is 3. The molecular formula is C30H48O5. The Morgan fingerprint density at radius 2 is 1.69 bits per heavy atom. The number of Topliss-reactive ketones (excluding diaryl/α,β-unsaturated/α-hetero) is 1. The number of ketones is 1. The van der Waals surface area contributed by atoms with Crippen LogP contribution in [0.3, 0.4) is 0 Å². The predicted octanol–water partition coefficient (Wildman–Crippen LogP) is 4.50. The molecule has 11 atom stereocenters. The Morgan fingerprint density at radius 1 is 0.971 bits per heavy atom. The van der Waals surface area contributed by atoms with Crippen molar-refractivity contribution in [1.82, 2.24) is 0 Å². The topological polar surface area (TPSA) is 87.0 Å². The molecule has 35 heavy (non-hydrogen) atoms. The molecule has 198 valence electrons. The molecule has 3 N–H and O–H groups in total. The lowest BCUT2D eigenvalue weighted by atomic mass is 9.37. The summed E-state index contributed by atoms with van der Waals surface area (Å²) in [5, 5.41) is 33.3. The van der Waals surface area contributed by atoms with Crippen LogP contribution in [-0.2, 0) is 9.53 Å². The van der Waals surface area contributed by atoms with E-state index in [9.17, 15) is 20.1 Å². The zero-order valence-corrected chi connectivity index (χ0v) is 22.8. The minimum Gasteiger partial charge on any atom is -0.393 e. The highest BCUT2D eigenvalue weighted by Crippen LogP contribution is 2.90. The smallest absolute Gasteiger partial charge is 0.138 e. The summed E-state index contributed by atoms with van der Waals surface area (Å²) in [4.78, 5) is 12.9. The molecule has 0 aromatic rings. The highest BCUT2D eigenvalue weighted by atomic mass is 16.5. The van der Waals surface area contributed by atoms with Crippen molar-refractivity contribution in [2.75, 3.05) is 6.61 Å². The fraction of sp³-hybridized carbons (Fsp3) is 0.967. The van der Waals surface area contributed by atoms with Crippen LogP contribution in [0.2, 0.25) is 0 Å². The number of hydrogen-bond acceptors (Lipinski definition) is 5. The maximum absolute atomic E-state index is 12.9. The van der Waals surface area contributed by atoms with Crippen molar-refractivity contribution < 1.29 is 24.9 Å². The molecule has 0 amide bonds. The van der Waals surface area contributed by atoms with Crippen LogP contribution in [-0.4, -0.2) is 51.6 Å². The third-order valence-electron chi connectivity index (χ3n) is 13.5. The fourth-order valence-corrected chi connectivity index (χ4v) is 11.9. The number of hydrogen-bond donors (Lipinski definition) is 3. The first-order valence-corrected chi connectivity index (χ1v) is 14.4. The predicted molar refractivity (Wildman–Crippen MR) is 133 cm³/mol. The van der Waals surface area contributed by atoms with Gasteiger partial charge in [-0.1, -0.05) is 27.7 Å². The molecular weight excluding hydrogens is 440 g/mol. The van der Waals surface area contributed by atoms with Crippen LogP contribution in [0.1, 0.15) is 99.3 Å². The average Bonchev–Trinajstić information content (AvgIpc) is 3.33. The molecule has 6 fully saturated rings. The summed E-state index contributed by atoms with van der Waals surface area (Å²) in [5.74, 6) is 1.94. The van der Waals surface area contributed by atoms with E-state index in [-0.39, 0.29) is 39.1 Å². The molecule has 1 heterocycles. The van der Waals surface area contributed by atoms with Crippen LogP contribution in [0.15, 0.2) is 0 Å². The van der Waals surface area contributed by atoms with Gasteiger partial charge in [0.2, 0.25) is 0 Å². The van der Waals surface area contributed by atoms with Crippen molar-refractivity contribution in [2.45, 2.75) is 123 Å². The van der Waals surface area contributed by atoms with E-state index in [2.05, 4.69) is 27.7 Å². The van der Waals surface area contributed by atoms with E-state index in [4.69, 9.17) is 4.74 Å². The molecule has 0 aromatic carbocycles. The maximum atomic E-state index is 12.9. The SMILES string of the molecule is CC(C)(O)C1OCC(C2CCC34CC23CCC2C3(C)CCC(=O)C(C)(C)C3CC(O)C24C)CC1O. The molecule has 0 radical (unpaired) electrons. The Labute approximate surface area is 211 Å². The zero-order chi connectivity index (χ0) is 25.4. The Bertz CT molecular complexity index is 922. The molecule has 6 rings (SSSR count). The normalized spacial score (nSPS) is 57.1. The Balaban J connectivity index is 1.30. The molecule has 6 aliphatic rings. The number of carbonyl (C=O) groups is 1. The summed E-state index contributed by atoms with van der Waals surface area (Å²) in [6.07, 6.45) is 7.50. The molecule has 1 aliphatic heterocycles. The molecule has 11 unspecified atom stereocenters. The van der Waals surface area contributed by atoms with E-state index in [1.807, 2.05) is 0 Å². The quantitative estimate of drug-likeness (QED) is 0.533. The number of carbonyl (C=O) groups excluding carboxylic acids is 1. The first-order chi connectivity index (χ1) is 16.2. The Kier molecular flexibility index (Phi) is 5.05. The van der Waals surface area contributed by atoms with E-state index in [0.717, 1.165) is 25.7 Å². The monoisotopic (exact) mass is 488 g/mol. The van der Waals surface area contributed by atoms with Gasteiger partial charge in [0.25, 0.3) is 0 Å². The minimum atomic E-state index is -1.04. The number of aliphatic hydroxyl groups excluding tert-OH is 2. The van der Waals surface area contributed by atoms with Crippen molar-refractivity contribution in [2.24, 2.45) is 50.7 Å². The number of aliphatic hydroxyl groups is 3. The van der Waals surface area contributed by atoms with Crippen LogP contribution in [0.5, 0.6) is 0 Å². The van der Waals surface area contributed by atoms with Crippen molar-refractivity contribution >= 4 is 5.78 Å². The third-order valence-corrected chi connectivity index (χ3v) is 13.5. The highest BCUT2D eigenvalue weighted by Gasteiger charge is 2.85. The standard InChI is InChI=1S/C30H48O5/c1-25(2)21-14-23(33)28(6)20(27(21,5)10-9-22(25)32)8-11-29-16-30(28,29)12-7-18(29)17-13-19(31)24(35-15-17)26(3,4)34/h17-21,23-24,31,33-34H,7-16H2,1-6H3. The van der Waals surface area contributed by atoms with Crippen LogP contribution in [0, 0.1) is 50.7 Å². The van der Waals surface area contributed by atoms with Gasteiger partial charge in [-0.3, -0.25) is 4.79 Å². The first kappa shape index (κ1) is 24.8. The van der Waals surface area contributed by atoms with Crippen molar-refractivity contribution in [1.29, 1.82) is 0 Å². The summed E-state index contributed by atoms with van der Waals surface area (Å²) in [6.45, 7) is 13.2. The molecule has 5 saturated carbocycles. The number of rotatable bonds is 2. The van der Waals surface area contributed by atoms with Crippen LogP contribution in [0.4, 0.5) is 0 Å². The molecule has 0 bridgehead atoms. The van der Waals surface area contributed by atoms with Gasteiger partial charge in [0.1, 0.15) is 11.9 Å². The molecule has 1 saturated heterocycles. The molecule has 0 spiro atoms. The molecule has 0 aromatic heterocycles. The van der Waals surface area contributed by atoms with Gasteiger partial charge in [-0.25, -0.2) is 0 Å². The lowest BCUT2D eigenvalue weighted by Crippen LogP contribution is -2.65. The highest BCUT2D eigenvalue weighted by molar-refractivity contribution is 5.85. The van der Waals surface area contributed by atoms with Gasteiger partial charge >= 0.3 is 0 Å². The van der Waals surface area contributed by atoms with Crippen LogP contribution in [0.25, 0.3) is 0 Å². The first-order valence-electron chi connectivity index (χ1n) is 14.4. The lowest BCUT2D eigenvalue weighted by Gasteiger charge is -2.67. The van der Waals surface area contributed by atoms with E-state index in [1.165, 1.54) is 19.3 Å². The van der Waals surface area contributed by atoms with E-state index < -0.39 is 17.8 Å². The summed E-state index contributed by atoms with van der Waals surface area (Å²) in [7, 11) is 0. The zero-order valence-electron chi connectivity index (χ0n) is 22.8. The Morgan fingerprint density at radius 3 is 2.34 bits per heavy atom. The second-order valence-electron chi connectivity index (χ2n) is 15.4. The second-order valence-corrected chi connectivity index (χ2v) is 15.4. The summed E-state index contributed by atoms with van der Waals surface area (Å²) in [6, 6.07) is 0. The van der Waals surface area contributed by atoms with Crippen molar-refractivity contribution in [3.8, 4) is 0 Å². The Hall–Kier alpha value is -0.490. The van der Waals surface area contributed by atoms with Gasteiger partial charge in [-0.05, 0) is 105 Å². The second kappa shape index (κ2) is 7.12. The van der Waals surface area contributed by atoms with E-state index >= 15 is 0 Å². The molecule has 5 aliphatic carbocycles. The third kappa shape index (κ3) is 2.83. The van der Waals surface area contributed by atoms with Gasteiger partial charge in [0.05, 0.1) is 24.4 Å². The largest absolute Gasteiger partial charge is 0.393 e. The molecule has 5 nitrogen and oxygen atoms in total.